The summed E-state index contributed by atoms with van der Waals surface area (Å²) in [5.74, 6) is -0.735. The van der Waals surface area contributed by atoms with Gasteiger partial charge in [0.15, 0.2) is 5.79 Å². The summed E-state index contributed by atoms with van der Waals surface area (Å²) in [6, 6.07) is 4.59. The first kappa shape index (κ1) is 18.4. The second-order valence-corrected chi connectivity index (χ2v) is 9.51. The SMILES string of the molecule is O=C(c1cc(S(=O)(=O)NC2CC2)ccc1Br)N1CCC2(CC1)OCCO2. The van der Waals surface area contributed by atoms with Crippen molar-refractivity contribution >= 4 is 31.9 Å². The Labute approximate surface area is 161 Å². The molecular formula is C17H21BrN2O5S. The van der Waals surface area contributed by atoms with E-state index >= 15 is 0 Å². The second-order valence-electron chi connectivity index (χ2n) is 6.94. The van der Waals surface area contributed by atoms with E-state index in [0.29, 0.717) is 49.2 Å². The fourth-order valence-corrected chi connectivity index (χ4v) is 5.08. The molecule has 1 N–H and O–H groups in total. The van der Waals surface area contributed by atoms with Crippen molar-refractivity contribution in [3.8, 4) is 0 Å². The molecule has 0 radical (unpaired) electrons. The van der Waals surface area contributed by atoms with Gasteiger partial charge in [0.2, 0.25) is 10.0 Å². The quantitative estimate of drug-likeness (QED) is 0.765. The van der Waals surface area contributed by atoms with E-state index in [0.717, 1.165) is 12.8 Å². The maximum atomic E-state index is 12.9. The molecule has 4 rings (SSSR count). The second kappa shape index (κ2) is 6.87. The maximum Gasteiger partial charge on any atom is 0.255 e. The molecule has 1 saturated carbocycles. The molecule has 0 atom stereocenters. The number of halogens is 1. The molecule has 1 amide bonds. The average Bonchev–Trinajstić information content (AvgIpc) is 3.31. The first-order valence-electron chi connectivity index (χ1n) is 8.78. The summed E-state index contributed by atoms with van der Waals surface area (Å²) in [5.41, 5.74) is 0.355. The third-order valence-corrected chi connectivity index (χ3v) is 7.21. The Kier molecular flexibility index (Phi) is 4.85. The van der Waals surface area contributed by atoms with E-state index in [1.54, 1.807) is 11.0 Å². The zero-order valence-corrected chi connectivity index (χ0v) is 16.6. The molecule has 0 unspecified atom stereocenters. The monoisotopic (exact) mass is 444 g/mol. The van der Waals surface area contributed by atoms with Gasteiger partial charge in [0.05, 0.1) is 23.7 Å². The van der Waals surface area contributed by atoms with Crippen LogP contribution in [-0.4, -0.2) is 57.4 Å². The highest BCUT2D eigenvalue weighted by molar-refractivity contribution is 9.10. The van der Waals surface area contributed by atoms with Gasteiger partial charge in [0.1, 0.15) is 0 Å². The first-order chi connectivity index (χ1) is 12.4. The van der Waals surface area contributed by atoms with Gasteiger partial charge in [0.25, 0.3) is 5.91 Å². The van der Waals surface area contributed by atoms with Crippen LogP contribution in [0.25, 0.3) is 0 Å². The average molecular weight is 445 g/mol. The van der Waals surface area contributed by atoms with E-state index in [9.17, 15) is 13.2 Å². The number of nitrogens with one attached hydrogen (secondary N) is 1. The highest BCUT2D eigenvalue weighted by Crippen LogP contribution is 2.33. The minimum absolute atomic E-state index is 0.0208. The van der Waals surface area contributed by atoms with Gasteiger partial charge in [-0.25, -0.2) is 13.1 Å². The van der Waals surface area contributed by atoms with Crippen molar-refractivity contribution in [2.75, 3.05) is 26.3 Å². The van der Waals surface area contributed by atoms with Crippen LogP contribution in [0.3, 0.4) is 0 Å². The molecule has 2 heterocycles. The number of carbonyl (C=O) groups excluding carboxylic acids is 1. The van der Waals surface area contributed by atoms with E-state index < -0.39 is 15.8 Å². The first-order valence-corrected chi connectivity index (χ1v) is 11.1. The molecule has 2 aliphatic heterocycles. The van der Waals surface area contributed by atoms with Crippen molar-refractivity contribution in [3.63, 3.8) is 0 Å². The van der Waals surface area contributed by atoms with Crippen molar-refractivity contribution in [2.45, 2.75) is 42.4 Å². The number of benzene rings is 1. The van der Waals surface area contributed by atoms with E-state index in [4.69, 9.17) is 9.47 Å². The number of nitrogens with zero attached hydrogens (tertiary/aromatic N) is 1. The van der Waals surface area contributed by atoms with E-state index in [1.807, 2.05) is 0 Å². The van der Waals surface area contributed by atoms with Gasteiger partial charge in [-0.1, -0.05) is 0 Å². The predicted molar refractivity (Wildman–Crippen MR) is 97.3 cm³/mol. The topological polar surface area (TPSA) is 84.9 Å². The van der Waals surface area contributed by atoms with Gasteiger partial charge in [0, 0.05) is 36.4 Å². The predicted octanol–water partition coefficient (Wildman–Crippen LogP) is 1.87. The van der Waals surface area contributed by atoms with Gasteiger partial charge >= 0.3 is 0 Å². The molecule has 9 heteroatoms. The highest BCUT2D eigenvalue weighted by atomic mass is 79.9. The summed E-state index contributed by atoms with van der Waals surface area (Å²) in [6.07, 6.45) is 2.97. The third-order valence-electron chi connectivity index (χ3n) is 5.00. The molecule has 1 aromatic carbocycles. The molecule has 1 aliphatic carbocycles. The lowest BCUT2D eigenvalue weighted by atomic mass is 10.0. The summed E-state index contributed by atoms with van der Waals surface area (Å²) in [7, 11) is -3.60. The summed E-state index contributed by atoms with van der Waals surface area (Å²) in [4.78, 5) is 14.8. The molecule has 26 heavy (non-hydrogen) atoms. The molecule has 2 saturated heterocycles. The number of piperidine rings is 1. The standard InChI is InChI=1S/C17H21BrN2O5S/c18-15-4-3-13(26(22,23)19-12-1-2-12)11-14(15)16(21)20-7-5-17(6-8-20)24-9-10-25-17/h3-4,11-12,19H,1-2,5-10H2. The van der Waals surface area contributed by atoms with Crippen LogP contribution >= 0.6 is 15.9 Å². The highest BCUT2D eigenvalue weighted by Gasteiger charge is 2.41. The number of amides is 1. The van der Waals surface area contributed by atoms with E-state index in [1.165, 1.54) is 12.1 Å². The summed E-state index contributed by atoms with van der Waals surface area (Å²) in [6.45, 7) is 2.21. The van der Waals surface area contributed by atoms with E-state index in [2.05, 4.69) is 20.7 Å². The fraction of sp³-hybridized carbons (Fsp3) is 0.588. The molecule has 3 fully saturated rings. The Morgan fingerprint density at radius 1 is 1.19 bits per heavy atom. The van der Waals surface area contributed by atoms with Crippen LogP contribution in [0, 0.1) is 0 Å². The van der Waals surface area contributed by atoms with Crippen molar-refractivity contribution in [1.82, 2.24) is 9.62 Å². The summed E-state index contributed by atoms with van der Waals surface area (Å²) < 4.78 is 39.5. The molecule has 0 aromatic heterocycles. The van der Waals surface area contributed by atoms with Gasteiger partial charge in [-0.2, -0.15) is 0 Å². The van der Waals surface area contributed by atoms with Crippen molar-refractivity contribution < 1.29 is 22.7 Å². The molecule has 7 nitrogen and oxygen atoms in total. The number of carbonyl (C=O) groups is 1. The van der Waals surface area contributed by atoms with Gasteiger partial charge < -0.3 is 14.4 Å². The maximum absolute atomic E-state index is 12.9. The lowest BCUT2D eigenvalue weighted by Crippen LogP contribution is -2.47. The number of rotatable bonds is 4. The van der Waals surface area contributed by atoms with Crippen LogP contribution in [-0.2, 0) is 19.5 Å². The molecule has 0 bridgehead atoms. The van der Waals surface area contributed by atoms with Crippen LogP contribution in [0.4, 0.5) is 0 Å². The van der Waals surface area contributed by atoms with Crippen molar-refractivity contribution in [2.24, 2.45) is 0 Å². The molecular weight excluding hydrogens is 424 g/mol. The smallest absolute Gasteiger partial charge is 0.255 e. The van der Waals surface area contributed by atoms with Gasteiger partial charge in [-0.15, -0.1) is 0 Å². The lowest BCUT2D eigenvalue weighted by molar-refractivity contribution is -0.181. The lowest BCUT2D eigenvalue weighted by Gasteiger charge is -2.37. The third kappa shape index (κ3) is 3.68. The van der Waals surface area contributed by atoms with Gasteiger partial charge in [-0.05, 0) is 47.0 Å². The summed E-state index contributed by atoms with van der Waals surface area (Å²) >= 11 is 3.38. The molecule has 1 spiro atoms. The van der Waals surface area contributed by atoms with Crippen LogP contribution in [0.15, 0.2) is 27.6 Å². The number of sulfonamides is 1. The minimum Gasteiger partial charge on any atom is -0.347 e. The number of hydrogen-bond donors (Lipinski definition) is 1. The fourth-order valence-electron chi connectivity index (χ4n) is 3.33. The summed E-state index contributed by atoms with van der Waals surface area (Å²) in [5, 5.41) is 0. The molecule has 142 valence electrons. The molecule has 1 aromatic rings. The van der Waals surface area contributed by atoms with Crippen LogP contribution in [0.1, 0.15) is 36.0 Å². The van der Waals surface area contributed by atoms with Crippen molar-refractivity contribution in [3.05, 3.63) is 28.2 Å². The van der Waals surface area contributed by atoms with Crippen LogP contribution in [0.2, 0.25) is 0 Å². The molecule has 3 aliphatic rings. The zero-order valence-electron chi connectivity index (χ0n) is 14.2. The number of ether oxygens (including phenoxy) is 2. The largest absolute Gasteiger partial charge is 0.347 e. The zero-order chi connectivity index (χ0) is 18.4. The Morgan fingerprint density at radius 2 is 1.85 bits per heavy atom. The Bertz CT molecular complexity index is 808. The number of likely N-dealkylation sites (tertiary alicyclic amines) is 1. The van der Waals surface area contributed by atoms with Crippen molar-refractivity contribution in [1.29, 1.82) is 0 Å². The number of hydrogen-bond acceptors (Lipinski definition) is 5. The Hall–Kier alpha value is -1.00. The van der Waals surface area contributed by atoms with Crippen LogP contribution in [0.5, 0.6) is 0 Å². The Morgan fingerprint density at radius 3 is 2.46 bits per heavy atom. The normalized spacial score (nSPS) is 22.7. The van der Waals surface area contributed by atoms with E-state index in [-0.39, 0.29) is 16.8 Å². The van der Waals surface area contributed by atoms with Crippen LogP contribution < -0.4 is 4.72 Å². The van der Waals surface area contributed by atoms with Gasteiger partial charge in [-0.3, -0.25) is 4.79 Å². The Balaban J connectivity index is 1.51. The minimum atomic E-state index is -3.60.